The van der Waals surface area contributed by atoms with E-state index in [9.17, 15) is 4.79 Å². The van der Waals surface area contributed by atoms with E-state index in [2.05, 4.69) is 5.32 Å². The van der Waals surface area contributed by atoms with Crippen LogP contribution < -0.4 is 5.32 Å². The van der Waals surface area contributed by atoms with Crippen molar-refractivity contribution in [3.8, 4) is 0 Å². The summed E-state index contributed by atoms with van der Waals surface area (Å²) in [6.07, 6.45) is 0.809. The minimum Gasteiger partial charge on any atom is -0.496 e. The molecule has 0 saturated carbocycles. The Morgan fingerprint density at radius 1 is 1.55 bits per heavy atom. The fourth-order valence-electron chi connectivity index (χ4n) is 2.10. The maximum atomic E-state index is 12.3. The molecule has 108 valence electrons. The number of allylic oxidation sites excluding steroid dienone is 1. The first-order valence-corrected chi connectivity index (χ1v) is 8.01. The Morgan fingerprint density at radius 3 is 3.00 bits per heavy atom. The largest absolute Gasteiger partial charge is 0.496 e. The summed E-state index contributed by atoms with van der Waals surface area (Å²) in [6.45, 7) is 4.54. The summed E-state index contributed by atoms with van der Waals surface area (Å²) in [4.78, 5) is 13.0. The van der Waals surface area contributed by atoms with Gasteiger partial charge in [0.05, 0.1) is 12.6 Å². The topological polar surface area (TPSA) is 38.3 Å². The molecule has 0 unspecified atom stereocenters. The molecule has 1 aromatic carbocycles. The maximum absolute atomic E-state index is 12.3. The molecular weight excluding hydrogens is 294 g/mol. The minimum atomic E-state index is -0.0703. The van der Waals surface area contributed by atoms with E-state index in [0.29, 0.717) is 22.3 Å². The van der Waals surface area contributed by atoms with Crippen LogP contribution in [0.3, 0.4) is 0 Å². The minimum absolute atomic E-state index is 0.0379. The average molecular weight is 312 g/mol. The average Bonchev–Trinajstić information content (AvgIpc) is 2.45. The zero-order valence-electron chi connectivity index (χ0n) is 11.6. The third-order valence-corrected chi connectivity index (χ3v) is 4.51. The second kappa shape index (κ2) is 7.04. The standard InChI is InChI=1S/C15H18ClNO2S/c1-3-13(11-5-4-6-12(16)9-11)17-15(18)14-10(2)19-7-8-20-14/h4-6,9,13H,3,7-8H2,1-2H3,(H,17,18)/t13-/m1/s1. The third kappa shape index (κ3) is 3.70. The molecule has 5 heteroatoms. The summed E-state index contributed by atoms with van der Waals surface area (Å²) in [6, 6.07) is 7.56. The van der Waals surface area contributed by atoms with Gasteiger partial charge in [0, 0.05) is 10.8 Å². The second-order valence-corrected chi connectivity index (χ2v) is 6.11. The highest BCUT2D eigenvalue weighted by molar-refractivity contribution is 8.04. The van der Waals surface area contributed by atoms with Crippen LogP contribution in [0.15, 0.2) is 34.9 Å². The number of thioether (sulfide) groups is 1. The Morgan fingerprint density at radius 2 is 2.35 bits per heavy atom. The van der Waals surface area contributed by atoms with E-state index in [1.165, 1.54) is 0 Å². The number of halogens is 1. The monoisotopic (exact) mass is 311 g/mol. The summed E-state index contributed by atoms with van der Waals surface area (Å²) in [7, 11) is 0. The van der Waals surface area contributed by atoms with E-state index in [1.807, 2.05) is 38.1 Å². The zero-order valence-corrected chi connectivity index (χ0v) is 13.2. The van der Waals surface area contributed by atoms with Gasteiger partial charge in [-0.25, -0.2) is 0 Å². The van der Waals surface area contributed by atoms with Gasteiger partial charge < -0.3 is 10.1 Å². The first-order valence-electron chi connectivity index (χ1n) is 6.64. The van der Waals surface area contributed by atoms with E-state index in [-0.39, 0.29) is 11.9 Å². The Bertz CT molecular complexity index is 530. The van der Waals surface area contributed by atoms with Crippen molar-refractivity contribution in [3.63, 3.8) is 0 Å². The van der Waals surface area contributed by atoms with Crippen molar-refractivity contribution in [2.75, 3.05) is 12.4 Å². The molecule has 0 aromatic heterocycles. The lowest BCUT2D eigenvalue weighted by Crippen LogP contribution is -2.30. The Labute approximate surface area is 128 Å². The number of benzene rings is 1. The predicted octanol–water partition coefficient (Wildman–Crippen LogP) is 3.90. The maximum Gasteiger partial charge on any atom is 0.261 e. The van der Waals surface area contributed by atoms with Crippen LogP contribution >= 0.6 is 23.4 Å². The fraction of sp³-hybridized carbons (Fsp3) is 0.400. The molecule has 0 fully saturated rings. The van der Waals surface area contributed by atoms with Gasteiger partial charge in [0.15, 0.2) is 0 Å². The number of ether oxygens (including phenoxy) is 1. The van der Waals surface area contributed by atoms with Crippen LogP contribution in [0.5, 0.6) is 0 Å². The third-order valence-electron chi connectivity index (χ3n) is 3.14. The van der Waals surface area contributed by atoms with Crippen molar-refractivity contribution in [1.29, 1.82) is 0 Å². The molecule has 1 amide bonds. The number of hydrogen-bond acceptors (Lipinski definition) is 3. The van der Waals surface area contributed by atoms with Crippen molar-refractivity contribution in [3.05, 3.63) is 45.5 Å². The van der Waals surface area contributed by atoms with Crippen LogP contribution in [0.1, 0.15) is 31.9 Å². The molecule has 0 bridgehead atoms. The van der Waals surface area contributed by atoms with Gasteiger partial charge in [0.2, 0.25) is 0 Å². The van der Waals surface area contributed by atoms with Gasteiger partial charge in [-0.05, 0) is 31.0 Å². The molecular formula is C15H18ClNO2S. The lowest BCUT2D eigenvalue weighted by atomic mass is 10.0. The van der Waals surface area contributed by atoms with Crippen molar-refractivity contribution < 1.29 is 9.53 Å². The van der Waals surface area contributed by atoms with Crippen molar-refractivity contribution in [2.45, 2.75) is 26.3 Å². The molecule has 0 saturated heterocycles. The lowest BCUT2D eigenvalue weighted by Gasteiger charge is -2.22. The molecule has 1 N–H and O–H groups in total. The number of rotatable bonds is 4. The molecule has 1 aromatic rings. The SMILES string of the molecule is CC[C@@H](NC(=O)C1=C(C)OCCS1)c1cccc(Cl)c1. The molecule has 1 aliphatic rings. The van der Waals surface area contributed by atoms with Gasteiger partial charge in [0.25, 0.3) is 5.91 Å². The number of nitrogens with one attached hydrogen (secondary N) is 1. The first kappa shape index (κ1) is 15.3. The summed E-state index contributed by atoms with van der Waals surface area (Å²) >= 11 is 7.55. The molecule has 2 rings (SSSR count). The van der Waals surface area contributed by atoms with Gasteiger partial charge in [-0.3, -0.25) is 4.79 Å². The Kier molecular flexibility index (Phi) is 5.38. The lowest BCUT2D eigenvalue weighted by molar-refractivity contribution is -0.117. The smallest absolute Gasteiger partial charge is 0.261 e. The van der Waals surface area contributed by atoms with Gasteiger partial charge in [-0.1, -0.05) is 30.7 Å². The molecule has 0 aliphatic carbocycles. The summed E-state index contributed by atoms with van der Waals surface area (Å²) < 4.78 is 5.43. The molecule has 1 atom stereocenters. The van der Waals surface area contributed by atoms with Crippen LogP contribution in [-0.2, 0) is 9.53 Å². The van der Waals surface area contributed by atoms with Crippen molar-refractivity contribution in [1.82, 2.24) is 5.32 Å². The molecule has 3 nitrogen and oxygen atoms in total. The number of carbonyl (C=O) groups is 1. The highest BCUT2D eigenvalue weighted by atomic mass is 35.5. The van der Waals surface area contributed by atoms with Crippen LogP contribution in [0.25, 0.3) is 0 Å². The molecule has 1 aliphatic heterocycles. The number of amides is 1. The van der Waals surface area contributed by atoms with Crippen LogP contribution in [0.2, 0.25) is 5.02 Å². The van der Waals surface area contributed by atoms with E-state index in [4.69, 9.17) is 16.3 Å². The number of hydrogen-bond donors (Lipinski definition) is 1. The van der Waals surface area contributed by atoms with Crippen molar-refractivity contribution >= 4 is 29.3 Å². The molecule has 1 heterocycles. The highest BCUT2D eigenvalue weighted by Crippen LogP contribution is 2.27. The predicted molar refractivity (Wildman–Crippen MR) is 83.7 cm³/mol. The number of carbonyl (C=O) groups excluding carboxylic acids is 1. The van der Waals surface area contributed by atoms with Crippen LogP contribution in [0.4, 0.5) is 0 Å². The van der Waals surface area contributed by atoms with Gasteiger partial charge >= 0.3 is 0 Å². The molecule has 20 heavy (non-hydrogen) atoms. The molecule has 0 radical (unpaired) electrons. The Hall–Kier alpha value is -1.13. The van der Waals surface area contributed by atoms with Crippen LogP contribution in [-0.4, -0.2) is 18.3 Å². The van der Waals surface area contributed by atoms with E-state index < -0.39 is 0 Å². The summed E-state index contributed by atoms with van der Waals surface area (Å²) in [5.41, 5.74) is 1.02. The van der Waals surface area contributed by atoms with Gasteiger partial charge in [-0.2, -0.15) is 0 Å². The quantitative estimate of drug-likeness (QED) is 0.916. The van der Waals surface area contributed by atoms with Gasteiger partial charge in [-0.15, -0.1) is 11.8 Å². The van der Waals surface area contributed by atoms with Crippen molar-refractivity contribution in [2.24, 2.45) is 0 Å². The zero-order chi connectivity index (χ0) is 14.5. The summed E-state index contributed by atoms with van der Waals surface area (Å²) in [5.74, 6) is 1.45. The fourth-order valence-corrected chi connectivity index (χ4v) is 3.12. The first-order chi connectivity index (χ1) is 9.61. The normalized spacial score (nSPS) is 16.6. The van der Waals surface area contributed by atoms with E-state index >= 15 is 0 Å². The summed E-state index contributed by atoms with van der Waals surface area (Å²) in [5, 5.41) is 3.74. The Balaban J connectivity index is 2.12. The highest BCUT2D eigenvalue weighted by Gasteiger charge is 2.21. The van der Waals surface area contributed by atoms with E-state index in [1.54, 1.807) is 11.8 Å². The molecule has 0 spiro atoms. The van der Waals surface area contributed by atoms with Crippen LogP contribution in [0, 0.1) is 0 Å². The van der Waals surface area contributed by atoms with Gasteiger partial charge in [0.1, 0.15) is 10.7 Å². The second-order valence-electron chi connectivity index (χ2n) is 4.57. The van der Waals surface area contributed by atoms with E-state index in [0.717, 1.165) is 17.7 Å².